The number of hydrogen-bond donors (Lipinski definition) is 1. The number of carbonyl (C=O) groups is 1. The third-order valence-corrected chi connectivity index (χ3v) is 5.18. The Hall–Kier alpha value is -2.98. The summed E-state index contributed by atoms with van der Waals surface area (Å²) in [5.41, 5.74) is 5.18. The monoisotopic (exact) mass is 407 g/mol. The molecule has 0 aliphatic carbocycles. The Morgan fingerprint density at radius 3 is 2.72 bits per heavy atom. The first-order valence-corrected chi connectivity index (χ1v) is 9.96. The second-order valence-electron chi connectivity index (χ2n) is 7.18. The molecule has 2 aromatic carbocycles. The molecule has 0 spiro atoms. The third kappa shape index (κ3) is 5.52. The molecule has 0 bridgehead atoms. The fraction of sp³-hybridized carbons (Fsp3) is 0.208. The Balaban J connectivity index is 1.73. The van der Waals surface area contributed by atoms with Gasteiger partial charge in [-0.15, -0.1) is 6.58 Å². The molecule has 0 aliphatic rings. The zero-order valence-corrected chi connectivity index (χ0v) is 17.6. The van der Waals surface area contributed by atoms with E-state index in [4.69, 9.17) is 11.6 Å². The summed E-state index contributed by atoms with van der Waals surface area (Å²) >= 11 is 6.18. The zero-order chi connectivity index (χ0) is 20.8. The number of aromatic nitrogens is 1. The van der Waals surface area contributed by atoms with E-state index in [0.717, 1.165) is 17.8 Å². The van der Waals surface area contributed by atoms with E-state index < -0.39 is 0 Å². The first-order valence-electron chi connectivity index (χ1n) is 9.59. The van der Waals surface area contributed by atoms with E-state index in [1.165, 1.54) is 11.1 Å². The topological polar surface area (TPSA) is 37.3 Å². The molecule has 0 atom stereocenters. The Labute approximate surface area is 177 Å². The van der Waals surface area contributed by atoms with Crippen molar-refractivity contribution in [1.82, 2.24) is 9.47 Å². The molecular weight excluding hydrogens is 382 g/mol. The number of benzene rings is 2. The molecule has 1 N–H and O–H groups in total. The predicted octanol–water partition coefficient (Wildman–Crippen LogP) is 6.03. The summed E-state index contributed by atoms with van der Waals surface area (Å²) in [6.45, 7) is 9.51. The molecule has 150 valence electrons. The molecule has 0 saturated carbocycles. The zero-order valence-electron chi connectivity index (χ0n) is 16.9. The van der Waals surface area contributed by atoms with Crippen LogP contribution in [0.25, 0.3) is 0 Å². The lowest BCUT2D eigenvalue weighted by Crippen LogP contribution is -2.35. The number of nitrogens with zero attached hydrogens (tertiary/aromatic N) is 2. The average molecular weight is 408 g/mol. The Morgan fingerprint density at radius 1 is 1.17 bits per heavy atom. The second kappa shape index (κ2) is 9.48. The van der Waals surface area contributed by atoms with Crippen LogP contribution < -0.4 is 5.32 Å². The fourth-order valence-corrected chi connectivity index (χ4v) is 3.38. The normalized spacial score (nSPS) is 10.6. The molecule has 0 fully saturated rings. The molecule has 2 amide bonds. The van der Waals surface area contributed by atoms with E-state index in [0.29, 0.717) is 23.8 Å². The van der Waals surface area contributed by atoms with Crippen molar-refractivity contribution >= 4 is 23.3 Å². The molecule has 0 unspecified atom stereocenters. The number of rotatable bonds is 7. The number of aryl methyl sites for hydroxylation is 2. The summed E-state index contributed by atoms with van der Waals surface area (Å²) in [6, 6.07) is 17.8. The molecule has 0 radical (unpaired) electrons. The number of carbonyl (C=O) groups excluding carboxylic acids is 1. The molecule has 0 saturated heterocycles. The van der Waals surface area contributed by atoms with Gasteiger partial charge >= 0.3 is 6.03 Å². The molecule has 3 aromatic rings. The van der Waals surface area contributed by atoms with Gasteiger partial charge in [0.15, 0.2) is 0 Å². The first-order chi connectivity index (χ1) is 14.0. The average Bonchev–Trinajstić information content (AvgIpc) is 3.11. The molecule has 29 heavy (non-hydrogen) atoms. The summed E-state index contributed by atoms with van der Waals surface area (Å²) in [7, 11) is 0. The fourth-order valence-electron chi connectivity index (χ4n) is 3.20. The third-order valence-electron chi connectivity index (χ3n) is 4.77. The van der Waals surface area contributed by atoms with E-state index >= 15 is 0 Å². The Kier molecular flexibility index (Phi) is 6.78. The number of anilines is 1. The van der Waals surface area contributed by atoms with Gasteiger partial charge in [-0.05, 0) is 49.2 Å². The van der Waals surface area contributed by atoms with E-state index in [9.17, 15) is 4.79 Å². The van der Waals surface area contributed by atoms with Crippen molar-refractivity contribution in [3.05, 3.63) is 101 Å². The van der Waals surface area contributed by atoms with Gasteiger partial charge in [0.2, 0.25) is 0 Å². The van der Waals surface area contributed by atoms with Gasteiger partial charge in [-0.25, -0.2) is 4.79 Å². The summed E-state index contributed by atoms with van der Waals surface area (Å²) in [4.78, 5) is 14.6. The number of halogens is 1. The van der Waals surface area contributed by atoms with E-state index in [1.54, 1.807) is 17.0 Å². The molecule has 3 rings (SSSR count). The highest BCUT2D eigenvalue weighted by Crippen LogP contribution is 2.20. The van der Waals surface area contributed by atoms with E-state index in [2.05, 4.69) is 47.7 Å². The lowest BCUT2D eigenvalue weighted by atomic mass is 10.1. The van der Waals surface area contributed by atoms with Crippen molar-refractivity contribution in [2.75, 3.05) is 11.9 Å². The van der Waals surface area contributed by atoms with Crippen molar-refractivity contribution in [2.45, 2.75) is 26.9 Å². The smallest absolute Gasteiger partial charge is 0.322 e. The van der Waals surface area contributed by atoms with Gasteiger partial charge in [0, 0.05) is 35.7 Å². The van der Waals surface area contributed by atoms with Crippen molar-refractivity contribution in [3.63, 3.8) is 0 Å². The van der Waals surface area contributed by atoms with Crippen LogP contribution in [0.3, 0.4) is 0 Å². The standard InChI is InChI=1S/C24H26ClN3O/c1-4-12-28(24(29)26-21-11-10-19(3)23(25)15-21)17-22-9-6-13-27(22)16-20-8-5-7-18(2)14-20/h4-11,13-15H,1,12,16-17H2,2-3H3,(H,26,29). The number of nitrogens with one attached hydrogen (secondary N) is 1. The first kappa shape index (κ1) is 20.7. The Morgan fingerprint density at radius 2 is 2.00 bits per heavy atom. The molecule has 0 aliphatic heterocycles. The minimum absolute atomic E-state index is 0.187. The number of amides is 2. The largest absolute Gasteiger partial charge is 0.345 e. The highest BCUT2D eigenvalue weighted by molar-refractivity contribution is 6.31. The minimum Gasteiger partial charge on any atom is -0.345 e. The van der Waals surface area contributed by atoms with Crippen LogP contribution in [0.15, 0.2) is 73.4 Å². The summed E-state index contributed by atoms with van der Waals surface area (Å²) in [5, 5.41) is 3.56. The highest BCUT2D eigenvalue weighted by Gasteiger charge is 2.15. The van der Waals surface area contributed by atoms with E-state index in [1.807, 2.05) is 37.4 Å². The SMILES string of the molecule is C=CCN(Cc1cccn1Cc1cccc(C)c1)C(=O)Nc1ccc(C)c(Cl)c1. The minimum atomic E-state index is -0.187. The van der Waals surface area contributed by atoms with Gasteiger partial charge in [0.05, 0.1) is 6.54 Å². The molecule has 5 heteroatoms. The lowest BCUT2D eigenvalue weighted by Gasteiger charge is -2.23. The van der Waals surface area contributed by atoms with Crippen LogP contribution in [0, 0.1) is 13.8 Å². The molecule has 4 nitrogen and oxygen atoms in total. The number of hydrogen-bond acceptors (Lipinski definition) is 1. The van der Waals surface area contributed by atoms with E-state index in [-0.39, 0.29) is 6.03 Å². The maximum absolute atomic E-state index is 12.9. The predicted molar refractivity (Wildman–Crippen MR) is 121 cm³/mol. The summed E-state index contributed by atoms with van der Waals surface area (Å²) < 4.78 is 2.17. The van der Waals surface area contributed by atoms with Crippen LogP contribution in [-0.4, -0.2) is 22.0 Å². The van der Waals surface area contributed by atoms with Crippen LogP contribution >= 0.6 is 11.6 Å². The highest BCUT2D eigenvalue weighted by atomic mass is 35.5. The van der Waals surface area contributed by atoms with Gasteiger partial charge < -0.3 is 14.8 Å². The maximum Gasteiger partial charge on any atom is 0.322 e. The van der Waals surface area contributed by atoms with Crippen molar-refractivity contribution in [3.8, 4) is 0 Å². The Bertz CT molecular complexity index is 1010. The van der Waals surface area contributed by atoms with Gasteiger partial charge in [-0.1, -0.05) is 53.6 Å². The van der Waals surface area contributed by atoms with Crippen LogP contribution in [-0.2, 0) is 13.1 Å². The summed E-state index contributed by atoms with van der Waals surface area (Å²) in [5.74, 6) is 0. The van der Waals surface area contributed by atoms with Crippen LogP contribution in [0.4, 0.5) is 10.5 Å². The van der Waals surface area contributed by atoms with Gasteiger partial charge in [0.1, 0.15) is 0 Å². The molecule has 1 heterocycles. The molecule has 1 aromatic heterocycles. The van der Waals surface area contributed by atoms with Gasteiger partial charge in [-0.2, -0.15) is 0 Å². The maximum atomic E-state index is 12.9. The van der Waals surface area contributed by atoms with Gasteiger partial charge in [-0.3, -0.25) is 0 Å². The summed E-state index contributed by atoms with van der Waals surface area (Å²) in [6.07, 6.45) is 3.77. The number of urea groups is 1. The van der Waals surface area contributed by atoms with Crippen LogP contribution in [0.5, 0.6) is 0 Å². The second-order valence-corrected chi connectivity index (χ2v) is 7.59. The van der Waals surface area contributed by atoms with Gasteiger partial charge in [0.25, 0.3) is 0 Å². The quantitative estimate of drug-likeness (QED) is 0.477. The molecular formula is C24H26ClN3O. The lowest BCUT2D eigenvalue weighted by molar-refractivity contribution is 0.214. The van der Waals surface area contributed by atoms with Crippen LogP contribution in [0.1, 0.15) is 22.4 Å². The van der Waals surface area contributed by atoms with Crippen molar-refractivity contribution in [1.29, 1.82) is 0 Å². The van der Waals surface area contributed by atoms with Crippen molar-refractivity contribution in [2.24, 2.45) is 0 Å². The van der Waals surface area contributed by atoms with Crippen LogP contribution in [0.2, 0.25) is 5.02 Å². The van der Waals surface area contributed by atoms with Crippen molar-refractivity contribution < 1.29 is 4.79 Å².